The van der Waals surface area contributed by atoms with E-state index >= 15 is 0 Å². The van der Waals surface area contributed by atoms with Crippen LogP contribution in [0.4, 0.5) is 0 Å². The third kappa shape index (κ3) is 5.65. The minimum absolute atomic E-state index is 0.154. The summed E-state index contributed by atoms with van der Waals surface area (Å²) in [7, 11) is 0. The summed E-state index contributed by atoms with van der Waals surface area (Å²) in [5, 5.41) is 0.596. The summed E-state index contributed by atoms with van der Waals surface area (Å²) in [6.45, 7) is 1.88. The van der Waals surface area contributed by atoms with Gasteiger partial charge in [0, 0.05) is 24.0 Å². The molecular formula is C20H16N2O4S. The summed E-state index contributed by atoms with van der Waals surface area (Å²) in [6.07, 6.45) is 5.68. The maximum absolute atomic E-state index is 12.1. The highest BCUT2D eigenvalue weighted by atomic mass is 32.2. The molecule has 3 rings (SSSR count). The molecule has 3 aromatic rings. The van der Waals surface area contributed by atoms with Crippen molar-refractivity contribution >= 4 is 23.8 Å². The monoisotopic (exact) mass is 380 g/mol. The number of ether oxygens (including phenoxy) is 1. The quantitative estimate of drug-likeness (QED) is 0.279. The smallest absolute Gasteiger partial charge is 0.336 e. The minimum Gasteiger partial charge on any atom is -0.464 e. The molecule has 7 heteroatoms. The lowest BCUT2D eigenvalue weighted by Crippen LogP contribution is -2.12. The second kappa shape index (κ2) is 8.95. The highest BCUT2D eigenvalue weighted by Crippen LogP contribution is 2.19. The average Bonchev–Trinajstić information content (AvgIpc) is 2.67. The van der Waals surface area contributed by atoms with Crippen LogP contribution in [0.25, 0.3) is 6.08 Å². The van der Waals surface area contributed by atoms with Crippen LogP contribution in [0.3, 0.4) is 0 Å². The third-order valence-electron chi connectivity index (χ3n) is 3.39. The number of benzene rings is 1. The van der Waals surface area contributed by atoms with Gasteiger partial charge in [0.25, 0.3) is 0 Å². The van der Waals surface area contributed by atoms with E-state index in [1.165, 1.54) is 23.9 Å². The Morgan fingerprint density at radius 1 is 1.26 bits per heavy atom. The van der Waals surface area contributed by atoms with Crippen molar-refractivity contribution in [1.82, 2.24) is 9.97 Å². The second-order valence-electron chi connectivity index (χ2n) is 5.51. The van der Waals surface area contributed by atoms with Crippen molar-refractivity contribution in [3.05, 3.63) is 88.2 Å². The fourth-order valence-corrected chi connectivity index (χ4v) is 2.86. The molecule has 0 saturated heterocycles. The van der Waals surface area contributed by atoms with E-state index in [-0.39, 0.29) is 5.75 Å². The fraction of sp³-hybridized carbons (Fsp3) is 0.100. The van der Waals surface area contributed by atoms with Crippen molar-refractivity contribution in [2.24, 2.45) is 0 Å². The SMILES string of the molecule is Cc1ccnc(SCc2cc(=O)c(OC(=O)C=Cc3ccccc3)co2)n1. The molecule has 0 atom stereocenters. The zero-order valence-electron chi connectivity index (χ0n) is 14.5. The molecular weight excluding hydrogens is 364 g/mol. The average molecular weight is 380 g/mol. The first-order valence-corrected chi connectivity index (χ1v) is 9.08. The Bertz CT molecular complexity index is 1020. The fourth-order valence-electron chi connectivity index (χ4n) is 2.09. The summed E-state index contributed by atoms with van der Waals surface area (Å²) in [4.78, 5) is 32.4. The normalized spacial score (nSPS) is 10.9. The molecule has 0 radical (unpaired) electrons. The number of esters is 1. The van der Waals surface area contributed by atoms with Gasteiger partial charge < -0.3 is 9.15 Å². The van der Waals surface area contributed by atoms with Crippen LogP contribution in [0.2, 0.25) is 0 Å². The van der Waals surface area contributed by atoms with Crippen LogP contribution in [-0.2, 0) is 10.5 Å². The standard InChI is InChI=1S/C20H16N2O4S/c1-14-9-10-21-20(22-14)27-13-16-11-17(23)18(12-25-16)26-19(24)8-7-15-5-3-2-4-6-15/h2-12H,13H2,1H3. The maximum Gasteiger partial charge on any atom is 0.336 e. The van der Waals surface area contributed by atoms with Crippen LogP contribution < -0.4 is 10.2 Å². The number of thioether (sulfide) groups is 1. The first-order valence-electron chi connectivity index (χ1n) is 8.09. The third-order valence-corrected chi connectivity index (χ3v) is 4.27. The van der Waals surface area contributed by atoms with Gasteiger partial charge in [-0.3, -0.25) is 4.79 Å². The molecule has 0 saturated carbocycles. The Morgan fingerprint density at radius 2 is 2.07 bits per heavy atom. The van der Waals surface area contributed by atoms with Crippen molar-refractivity contribution in [3.63, 3.8) is 0 Å². The van der Waals surface area contributed by atoms with Gasteiger partial charge in [0.1, 0.15) is 12.0 Å². The van der Waals surface area contributed by atoms with E-state index in [2.05, 4.69) is 9.97 Å². The molecule has 0 unspecified atom stereocenters. The second-order valence-corrected chi connectivity index (χ2v) is 6.45. The molecule has 0 N–H and O–H groups in total. The number of aromatic nitrogens is 2. The van der Waals surface area contributed by atoms with Crippen LogP contribution >= 0.6 is 11.8 Å². The highest BCUT2D eigenvalue weighted by molar-refractivity contribution is 7.98. The van der Waals surface area contributed by atoms with Crippen LogP contribution in [0.15, 0.2) is 75.4 Å². The van der Waals surface area contributed by atoms with E-state index < -0.39 is 11.4 Å². The van der Waals surface area contributed by atoms with Crippen molar-refractivity contribution in [1.29, 1.82) is 0 Å². The van der Waals surface area contributed by atoms with Gasteiger partial charge in [0.15, 0.2) is 5.16 Å². The number of carbonyl (C=O) groups is 1. The summed E-state index contributed by atoms with van der Waals surface area (Å²) in [5.74, 6) is 0.0235. The van der Waals surface area contributed by atoms with Gasteiger partial charge in [0.2, 0.25) is 11.2 Å². The predicted molar refractivity (Wildman–Crippen MR) is 102 cm³/mol. The Labute approximate surface area is 159 Å². The topological polar surface area (TPSA) is 82.3 Å². The van der Waals surface area contributed by atoms with Gasteiger partial charge in [-0.15, -0.1) is 0 Å². The predicted octanol–water partition coefficient (Wildman–Crippen LogP) is 3.65. The van der Waals surface area contributed by atoms with Crippen molar-refractivity contribution in [2.45, 2.75) is 17.8 Å². The van der Waals surface area contributed by atoms with Crippen LogP contribution in [-0.4, -0.2) is 15.9 Å². The van der Waals surface area contributed by atoms with Crippen molar-refractivity contribution in [3.8, 4) is 5.75 Å². The first-order chi connectivity index (χ1) is 13.1. The number of carbonyl (C=O) groups excluding carboxylic acids is 1. The van der Waals surface area contributed by atoms with Gasteiger partial charge in [-0.05, 0) is 24.6 Å². The van der Waals surface area contributed by atoms with E-state index in [1.807, 2.05) is 37.3 Å². The van der Waals surface area contributed by atoms with Gasteiger partial charge in [-0.25, -0.2) is 14.8 Å². The molecule has 1 aromatic carbocycles. The molecule has 136 valence electrons. The van der Waals surface area contributed by atoms with E-state index in [9.17, 15) is 9.59 Å². The van der Waals surface area contributed by atoms with Crippen LogP contribution in [0.1, 0.15) is 17.0 Å². The summed E-state index contributed by atoms with van der Waals surface area (Å²) in [5.41, 5.74) is 1.29. The molecule has 0 fully saturated rings. The molecule has 2 aromatic heterocycles. The highest BCUT2D eigenvalue weighted by Gasteiger charge is 2.09. The van der Waals surface area contributed by atoms with E-state index in [0.29, 0.717) is 16.7 Å². The lowest BCUT2D eigenvalue weighted by molar-refractivity contribution is -0.129. The molecule has 0 amide bonds. The van der Waals surface area contributed by atoms with Crippen LogP contribution in [0, 0.1) is 6.92 Å². The van der Waals surface area contributed by atoms with Gasteiger partial charge in [-0.2, -0.15) is 0 Å². The molecule has 0 aliphatic heterocycles. The summed E-state index contributed by atoms with van der Waals surface area (Å²) < 4.78 is 10.4. The Morgan fingerprint density at radius 3 is 2.81 bits per heavy atom. The summed E-state index contributed by atoms with van der Waals surface area (Å²) >= 11 is 1.35. The largest absolute Gasteiger partial charge is 0.464 e. The van der Waals surface area contributed by atoms with Crippen molar-refractivity contribution in [2.75, 3.05) is 0 Å². The lowest BCUT2D eigenvalue weighted by atomic mass is 10.2. The molecule has 0 aliphatic carbocycles. The molecule has 0 aliphatic rings. The lowest BCUT2D eigenvalue weighted by Gasteiger charge is -2.03. The maximum atomic E-state index is 12.1. The molecule has 0 bridgehead atoms. The minimum atomic E-state index is -0.651. The Balaban J connectivity index is 1.60. The van der Waals surface area contributed by atoms with E-state index in [1.54, 1.807) is 18.3 Å². The molecule has 27 heavy (non-hydrogen) atoms. The number of aryl methyl sites for hydroxylation is 1. The van der Waals surface area contributed by atoms with E-state index in [4.69, 9.17) is 9.15 Å². The van der Waals surface area contributed by atoms with Gasteiger partial charge in [-0.1, -0.05) is 42.1 Å². The molecule has 6 nitrogen and oxygen atoms in total. The van der Waals surface area contributed by atoms with E-state index in [0.717, 1.165) is 17.5 Å². The zero-order valence-corrected chi connectivity index (χ0v) is 15.3. The van der Waals surface area contributed by atoms with Gasteiger partial charge in [0.05, 0.1) is 5.75 Å². The van der Waals surface area contributed by atoms with Crippen molar-refractivity contribution < 1.29 is 13.9 Å². The molecule has 0 spiro atoms. The first kappa shape index (κ1) is 18.6. The molecule has 2 heterocycles. The number of hydrogen-bond acceptors (Lipinski definition) is 7. The Hall–Kier alpha value is -3.19. The Kier molecular flexibility index (Phi) is 6.17. The number of nitrogens with zero attached hydrogens (tertiary/aromatic N) is 2. The van der Waals surface area contributed by atoms with Crippen LogP contribution in [0.5, 0.6) is 5.75 Å². The number of rotatable bonds is 6. The van der Waals surface area contributed by atoms with Gasteiger partial charge >= 0.3 is 5.97 Å². The summed E-state index contributed by atoms with van der Waals surface area (Å²) in [6, 6.07) is 12.4. The zero-order chi connectivity index (χ0) is 19.1. The number of hydrogen-bond donors (Lipinski definition) is 0.